The number of carbonyl (C=O) groups is 1. The Morgan fingerprint density at radius 1 is 1.07 bits per heavy atom. The number of hydrogen-bond donors (Lipinski definition) is 0. The van der Waals surface area contributed by atoms with Crippen LogP contribution in [0.2, 0.25) is 0 Å². The molecule has 1 aromatic carbocycles. The van der Waals surface area contributed by atoms with Gasteiger partial charge in [-0.05, 0) is 62.5 Å². The Hall–Kier alpha value is -2.02. The molecule has 0 spiro atoms. The quantitative estimate of drug-likeness (QED) is 0.720. The van der Waals surface area contributed by atoms with Gasteiger partial charge >= 0.3 is 6.36 Å². The highest BCUT2D eigenvalue weighted by Gasteiger charge is 2.31. The zero-order valence-electron chi connectivity index (χ0n) is 15.3. The summed E-state index contributed by atoms with van der Waals surface area (Å²) in [4.78, 5) is 16.9. The van der Waals surface area contributed by atoms with Gasteiger partial charge < -0.3 is 14.5 Å². The number of likely N-dealkylation sites (tertiary alicyclic amines) is 2. The van der Waals surface area contributed by atoms with E-state index in [0.717, 1.165) is 39.0 Å². The fraction of sp³-hybridized carbons (Fsp3) is 0.550. The maximum absolute atomic E-state index is 12.6. The maximum Gasteiger partial charge on any atom is 0.573 e. The number of carbonyl (C=O) groups excluding carboxylic acids is 1. The molecule has 2 heterocycles. The Morgan fingerprint density at radius 2 is 1.78 bits per heavy atom. The number of benzene rings is 1. The van der Waals surface area contributed by atoms with Gasteiger partial charge in [0.1, 0.15) is 5.75 Å². The fourth-order valence-electron chi connectivity index (χ4n) is 3.80. The van der Waals surface area contributed by atoms with E-state index in [2.05, 4.69) is 9.64 Å². The summed E-state index contributed by atoms with van der Waals surface area (Å²) in [6.07, 6.45) is 4.24. The van der Waals surface area contributed by atoms with Gasteiger partial charge in [0.15, 0.2) is 0 Å². The van der Waals surface area contributed by atoms with Crippen molar-refractivity contribution in [1.29, 1.82) is 0 Å². The second-order valence-corrected chi connectivity index (χ2v) is 7.14. The summed E-state index contributed by atoms with van der Waals surface area (Å²) in [5, 5.41) is 0. The van der Waals surface area contributed by atoms with E-state index in [1.165, 1.54) is 49.6 Å². The largest absolute Gasteiger partial charge is 0.573 e. The van der Waals surface area contributed by atoms with E-state index in [-0.39, 0.29) is 17.7 Å². The van der Waals surface area contributed by atoms with Gasteiger partial charge in [-0.3, -0.25) is 4.79 Å². The molecule has 0 aromatic heterocycles. The molecule has 0 saturated carbocycles. The number of nitrogens with zero attached hydrogens (tertiary/aromatic N) is 2. The standard InChI is InChI=1S/C20H25F3N2O2/c21-20(22,23)27-18-9-6-16(7-10-18)8-11-19(26)25-14-4-5-17(25)15-24-12-2-1-3-13-24/h6-11,17H,1-5,12-15H2/b11-8+/t17-/m0/s1. The van der Waals surface area contributed by atoms with Crippen LogP contribution < -0.4 is 4.74 Å². The van der Waals surface area contributed by atoms with Crippen molar-refractivity contribution < 1.29 is 22.7 Å². The lowest BCUT2D eigenvalue weighted by Crippen LogP contribution is -2.44. The van der Waals surface area contributed by atoms with Crippen LogP contribution in [0.5, 0.6) is 5.75 Å². The number of alkyl halides is 3. The molecule has 2 aliphatic rings. The molecule has 148 valence electrons. The van der Waals surface area contributed by atoms with Gasteiger partial charge in [0.05, 0.1) is 0 Å². The van der Waals surface area contributed by atoms with Crippen LogP contribution in [-0.4, -0.2) is 54.3 Å². The molecule has 2 fully saturated rings. The van der Waals surface area contributed by atoms with Gasteiger partial charge in [-0.25, -0.2) is 0 Å². The van der Waals surface area contributed by atoms with E-state index in [9.17, 15) is 18.0 Å². The van der Waals surface area contributed by atoms with Crippen LogP contribution in [0.3, 0.4) is 0 Å². The maximum atomic E-state index is 12.6. The minimum atomic E-state index is -4.70. The summed E-state index contributed by atoms with van der Waals surface area (Å²) in [5.41, 5.74) is 0.657. The van der Waals surface area contributed by atoms with Crippen molar-refractivity contribution in [2.45, 2.75) is 44.5 Å². The lowest BCUT2D eigenvalue weighted by atomic mass is 10.1. The molecule has 1 atom stereocenters. The zero-order valence-corrected chi connectivity index (χ0v) is 15.3. The molecule has 0 unspecified atom stereocenters. The minimum Gasteiger partial charge on any atom is -0.406 e. The summed E-state index contributed by atoms with van der Waals surface area (Å²) in [6.45, 7) is 3.92. The van der Waals surface area contributed by atoms with Gasteiger partial charge in [-0.2, -0.15) is 0 Å². The molecule has 27 heavy (non-hydrogen) atoms. The van der Waals surface area contributed by atoms with Crippen molar-refractivity contribution in [3.8, 4) is 5.75 Å². The fourth-order valence-corrected chi connectivity index (χ4v) is 3.80. The summed E-state index contributed by atoms with van der Waals surface area (Å²) in [7, 11) is 0. The van der Waals surface area contributed by atoms with Crippen molar-refractivity contribution in [3.05, 3.63) is 35.9 Å². The normalized spacial score (nSPS) is 21.7. The molecular formula is C20H25F3N2O2. The molecule has 0 N–H and O–H groups in total. The molecular weight excluding hydrogens is 357 g/mol. The topological polar surface area (TPSA) is 32.8 Å². The van der Waals surface area contributed by atoms with E-state index < -0.39 is 6.36 Å². The molecule has 1 aromatic rings. The van der Waals surface area contributed by atoms with Crippen molar-refractivity contribution in [1.82, 2.24) is 9.80 Å². The van der Waals surface area contributed by atoms with Gasteiger partial charge in [0, 0.05) is 25.2 Å². The molecule has 0 bridgehead atoms. The third-order valence-electron chi connectivity index (χ3n) is 5.11. The Kier molecular flexibility index (Phi) is 6.42. The number of ether oxygens (including phenoxy) is 1. The van der Waals surface area contributed by atoms with Crippen LogP contribution in [0, 0.1) is 0 Å². The number of hydrogen-bond acceptors (Lipinski definition) is 3. The first-order valence-electron chi connectivity index (χ1n) is 9.47. The molecule has 0 aliphatic carbocycles. The second kappa shape index (κ2) is 8.78. The lowest BCUT2D eigenvalue weighted by molar-refractivity contribution is -0.274. The molecule has 2 aliphatic heterocycles. The average Bonchev–Trinajstić information content (AvgIpc) is 3.09. The predicted octanol–water partition coefficient (Wildman–Crippen LogP) is 4.08. The predicted molar refractivity (Wildman–Crippen MR) is 97.2 cm³/mol. The van der Waals surface area contributed by atoms with E-state index in [1.807, 2.05) is 4.90 Å². The summed E-state index contributed by atoms with van der Waals surface area (Å²) >= 11 is 0. The van der Waals surface area contributed by atoms with Crippen molar-refractivity contribution >= 4 is 12.0 Å². The van der Waals surface area contributed by atoms with Crippen LogP contribution in [0.15, 0.2) is 30.3 Å². The monoisotopic (exact) mass is 382 g/mol. The first-order chi connectivity index (χ1) is 12.9. The molecule has 1 amide bonds. The van der Waals surface area contributed by atoms with Crippen LogP contribution in [0.25, 0.3) is 6.08 Å². The number of amides is 1. The van der Waals surface area contributed by atoms with Gasteiger partial charge in [0.25, 0.3) is 0 Å². The molecule has 0 radical (unpaired) electrons. The Morgan fingerprint density at radius 3 is 2.44 bits per heavy atom. The molecule has 3 rings (SSSR count). The van der Waals surface area contributed by atoms with Crippen molar-refractivity contribution in [3.63, 3.8) is 0 Å². The Bertz CT molecular complexity index is 652. The lowest BCUT2D eigenvalue weighted by Gasteiger charge is -2.32. The SMILES string of the molecule is O=C(/C=C/c1ccc(OC(F)(F)F)cc1)N1CCC[C@H]1CN1CCCCC1. The highest BCUT2D eigenvalue weighted by atomic mass is 19.4. The molecule has 4 nitrogen and oxygen atoms in total. The van der Waals surface area contributed by atoms with Crippen molar-refractivity contribution in [2.24, 2.45) is 0 Å². The van der Waals surface area contributed by atoms with E-state index >= 15 is 0 Å². The number of piperidine rings is 1. The van der Waals surface area contributed by atoms with E-state index in [4.69, 9.17) is 0 Å². The third kappa shape index (κ3) is 5.99. The Balaban J connectivity index is 1.55. The number of halogens is 3. The van der Waals surface area contributed by atoms with Gasteiger partial charge in [0.2, 0.25) is 5.91 Å². The Labute approximate surface area is 157 Å². The minimum absolute atomic E-state index is 0.0369. The summed E-state index contributed by atoms with van der Waals surface area (Å²) in [5.74, 6) is -0.308. The second-order valence-electron chi connectivity index (χ2n) is 7.14. The van der Waals surface area contributed by atoms with Crippen LogP contribution >= 0.6 is 0 Å². The van der Waals surface area contributed by atoms with Gasteiger partial charge in [-0.15, -0.1) is 13.2 Å². The first kappa shape index (κ1) is 19.7. The summed E-state index contributed by atoms with van der Waals surface area (Å²) < 4.78 is 40.4. The first-order valence-corrected chi connectivity index (χ1v) is 9.47. The summed E-state index contributed by atoms with van der Waals surface area (Å²) in [6, 6.07) is 5.74. The zero-order chi connectivity index (χ0) is 19.3. The third-order valence-corrected chi connectivity index (χ3v) is 5.11. The molecule has 2 saturated heterocycles. The van der Waals surface area contributed by atoms with Crippen LogP contribution in [0.4, 0.5) is 13.2 Å². The molecule has 7 heteroatoms. The van der Waals surface area contributed by atoms with Crippen LogP contribution in [-0.2, 0) is 4.79 Å². The van der Waals surface area contributed by atoms with E-state index in [1.54, 1.807) is 6.08 Å². The van der Waals surface area contributed by atoms with Crippen molar-refractivity contribution in [2.75, 3.05) is 26.2 Å². The average molecular weight is 382 g/mol. The van der Waals surface area contributed by atoms with Gasteiger partial charge in [-0.1, -0.05) is 18.6 Å². The number of rotatable bonds is 5. The smallest absolute Gasteiger partial charge is 0.406 e. The highest BCUT2D eigenvalue weighted by Crippen LogP contribution is 2.24. The highest BCUT2D eigenvalue weighted by molar-refractivity contribution is 5.92. The van der Waals surface area contributed by atoms with Crippen LogP contribution in [0.1, 0.15) is 37.7 Å². The van der Waals surface area contributed by atoms with E-state index in [0.29, 0.717) is 5.56 Å².